The normalized spacial score (nSPS) is 19.7. The molecule has 11 rings (SSSR count). The summed E-state index contributed by atoms with van der Waals surface area (Å²) in [5, 5.41) is 28.8. The Kier molecular flexibility index (Phi) is 14.1. The number of aromatic nitrogens is 4. The largest absolute Gasteiger partial charge is 0.462 e. The molecule has 0 aliphatic carbocycles. The van der Waals surface area contributed by atoms with Gasteiger partial charge in [-0.25, -0.2) is 9.59 Å². The van der Waals surface area contributed by atoms with E-state index in [0.29, 0.717) is 88.9 Å². The van der Waals surface area contributed by atoms with Crippen LogP contribution in [0.3, 0.4) is 0 Å². The van der Waals surface area contributed by atoms with Crippen molar-refractivity contribution in [1.29, 1.82) is 10.5 Å². The number of aryl methyl sites for hydroxylation is 2. The molecule has 4 aliphatic heterocycles. The summed E-state index contributed by atoms with van der Waals surface area (Å²) in [6, 6.07) is 36.5. The zero-order valence-corrected chi connectivity index (χ0v) is 42.4. The smallest absolute Gasteiger partial charge is 0.357 e. The van der Waals surface area contributed by atoms with Crippen molar-refractivity contribution in [3.8, 4) is 18.1 Å². The average Bonchev–Trinajstić information content (AvgIpc) is 3.43. The van der Waals surface area contributed by atoms with Crippen LogP contribution < -0.4 is 30.4 Å². The van der Waals surface area contributed by atoms with E-state index in [1.807, 2.05) is 6.07 Å². The third kappa shape index (κ3) is 10.1. The molecule has 0 bridgehead atoms. The summed E-state index contributed by atoms with van der Waals surface area (Å²) < 4.78 is 19.9. The number of carbonyl (C=O) groups is 1. The number of ether oxygens (including phenoxy) is 3. The number of anilines is 3. The molecular formula is C58H59N11O6. The number of fused-ring (bicyclic) bond motifs is 4. The minimum atomic E-state index is -0.469. The van der Waals surface area contributed by atoms with Crippen molar-refractivity contribution < 1.29 is 23.8 Å². The van der Waals surface area contributed by atoms with Crippen molar-refractivity contribution in [2.24, 2.45) is 0 Å². The lowest BCUT2D eigenvalue weighted by Gasteiger charge is -2.40. The highest BCUT2D eigenvalue weighted by atomic mass is 16.7. The first-order valence-corrected chi connectivity index (χ1v) is 25.7. The fourth-order valence-corrected chi connectivity index (χ4v) is 11.4. The number of nitrogens with zero attached hydrogens (tertiary/aromatic N) is 9. The minimum Gasteiger partial charge on any atom is -0.462 e. The quantitative estimate of drug-likeness (QED) is 0.115. The van der Waals surface area contributed by atoms with Crippen LogP contribution in [0.25, 0.3) is 21.5 Å². The molecule has 17 nitrogen and oxygen atoms in total. The SMILES string of the molecule is Cc1cccc2cccc(C3Cc4nc(OCCN(C)c5ccc(C6Cc7[nH]c(=O)nc(N8CCN[C@@H](CC#N)C8)c7CO6)c6c(C)cccc56)nc(N5CCN(OC(=O)c6ccccc6)[C@@H](CC#N)C5)c4CO3)c12. The van der Waals surface area contributed by atoms with E-state index in [9.17, 15) is 20.1 Å². The summed E-state index contributed by atoms with van der Waals surface area (Å²) in [5.41, 5.74) is 8.93. The molecule has 4 aliphatic rings. The zero-order valence-electron chi connectivity index (χ0n) is 42.4. The summed E-state index contributed by atoms with van der Waals surface area (Å²) in [6.07, 6.45) is 0.941. The number of hydroxylamine groups is 2. The van der Waals surface area contributed by atoms with E-state index in [2.05, 4.69) is 130 Å². The molecule has 0 saturated carbocycles. The van der Waals surface area contributed by atoms with Crippen molar-refractivity contribution in [2.75, 3.05) is 74.2 Å². The molecule has 7 aromatic rings. The van der Waals surface area contributed by atoms with Crippen molar-refractivity contribution in [1.82, 2.24) is 30.3 Å². The molecule has 6 heterocycles. The highest BCUT2D eigenvalue weighted by Gasteiger charge is 2.36. The van der Waals surface area contributed by atoms with Gasteiger partial charge in [0.15, 0.2) is 0 Å². The van der Waals surface area contributed by atoms with Gasteiger partial charge in [-0.1, -0.05) is 78.9 Å². The molecular weight excluding hydrogens is 947 g/mol. The van der Waals surface area contributed by atoms with Gasteiger partial charge in [-0.15, -0.1) is 5.06 Å². The van der Waals surface area contributed by atoms with Crippen LogP contribution in [0.15, 0.2) is 102 Å². The maximum absolute atomic E-state index is 13.2. The lowest BCUT2D eigenvalue weighted by Crippen LogP contribution is -2.54. The third-order valence-corrected chi connectivity index (χ3v) is 15.1. The summed E-state index contributed by atoms with van der Waals surface area (Å²) >= 11 is 0. The standard InChI is InChI=1S/C58H59N11O6/c1-36-10-7-14-38-15-9-17-43(52(36)38)50-31-48-46(35-73-50)55(68-26-27-69(41(33-68)21-23-60)75-56(70)39-12-5-4-6-13-39)65-58(63-48)72-29-28-66(3)49-19-18-44(53-37(2)11-8-16-42(49)53)51-30-47-45(34-74-51)54(64-57(71)62-47)67-25-24-61-40(32-67)20-22-59/h4-19,40-41,50-51,61H,20-21,24-35H2,1-3H3,(H,62,64,71)/t40-,41-,50?,51?/m0/s1. The Morgan fingerprint density at radius 2 is 1.49 bits per heavy atom. The molecule has 4 atom stereocenters. The number of rotatable bonds is 13. The van der Waals surface area contributed by atoms with Crippen molar-refractivity contribution >= 4 is 44.8 Å². The number of nitrogens with one attached hydrogen (secondary N) is 2. The first-order valence-electron chi connectivity index (χ1n) is 25.7. The van der Waals surface area contributed by atoms with E-state index in [4.69, 9.17) is 29.0 Å². The number of hydrogen-bond acceptors (Lipinski definition) is 16. The maximum Gasteiger partial charge on any atom is 0.357 e. The molecule has 0 spiro atoms. The Hall–Kier alpha value is -7.93. The van der Waals surface area contributed by atoms with Crippen LogP contribution in [0, 0.1) is 36.5 Å². The summed E-state index contributed by atoms with van der Waals surface area (Å²) in [7, 11) is 2.05. The maximum atomic E-state index is 13.2. The van der Waals surface area contributed by atoms with Crippen LogP contribution in [-0.4, -0.2) is 103 Å². The second kappa shape index (κ2) is 21.5. The van der Waals surface area contributed by atoms with E-state index in [0.717, 1.165) is 61.1 Å². The van der Waals surface area contributed by atoms with Gasteiger partial charge in [0, 0.05) is 86.5 Å². The number of piperazine rings is 2. The number of hydrogen-bond donors (Lipinski definition) is 2. The van der Waals surface area contributed by atoms with E-state index in [1.165, 1.54) is 10.9 Å². The van der Waals surface area contributed by atoms with E-state index >= 15 is 0 Å². The average molecular weight is 1010 g/mol. The molecule has 5 aromatic carbocycles. The van der Waals surface area contributed by atoms with Gasteiger partial charge >= 0.3 is 17.7 Å². The number of H-pyrrole nitrogens is 1. The van der Waals surface area contributed by atoms with Gasteiger partial charge in [-0.05, 0) is 70.5 Å². The number of likely N-dealkylation sites (N-methyl/N-ethyl adjacent to an activating group) is 1. The second-order valence-electron chi connectivity index (χ2n) is 19.9. The molecule has 0 amide bonds. The first kappa shape index (κ1) is 49.3. The van der Waals surface area contributed by atoms with Crippen molar-refractivity contribution in [3.63, 3.8) is 0 Å². The fraction of sp³-hybridized carbons (Fsp3) is 0.362. The van der Waals surface area contributed by atoms with Crippen LogP contribution in [0.1, 0.15) is 80.2 Å². The Morgan fingerprint density at radius 1 is 0.773 bits per heavy atom. The Morgan fingerprint density at radius 3 is 2.31 bits per heavy atom. The van der Waals surface area contributed by atoms with E-state index in [1.54, 1.807) is 29.3 Å². The molecule has 2 saturated heterocycles. The molecule has 75 heavy (non-hydrogen) atoms. The monoisotopic (exact) mass is 1010 g/mol. The highest BCUT2D eigenvalue weighted by Crippen LogP contribution is 2.41. The van der Waals surface area contributed by atoms with Gasteiger partial charge < -0.3 is 44.0 Å². The van der Waals surface area contributed by atoms with Crippen molar-refractivity contribution in [3.05, 3.63) is 158 Å². The minimum absolute atomic E-state index is 0.000579. The summed E-state index contributed by atoms with van der Waals surface area (Å²) in [5.74, 6) is 0.847. The molecule has 0 radical (unpaired) electrons. The topological polar surface area (TPSA) is 198 Å². The molecule has 17 heteroatoms. The van der Waals surface area contributed by atoms with Gasteiger partial charge in [0.05, 0.1) is 80.8 Å². The Balaban J connectivity index is 0.842. The Labute approximate surface area is 435 Å². The lowest BCUT2D eigenvalue weighted by atomic mass is 9.91. The Bertz CT molecular complexity index is 3420. The number of aromatic amines is 1. The summed E-state index contributed by atoms with van der Waals surface area (Å²) in [6.45, 7) is 8.79. The van der Waals surface area contributed by atoms with Crippen LogP contribution in [0.5, 0.6) is 6.01 Å². The molecule has 2 aromatic heterocycles. The second-order valence-corrected chi connectivity index (χ2v) is 19.9. The van der Waals surface area contributed by atoms with Crippen LogP contribution in [0.2, 0.25) is 0 Å². The van der Waals surface area contributed by atoms with Crippen LogP contribution in [-0.2, 0) is 40.4 Å². The van der Waals surface area contributed by atoms with Crippen LogP contribution in [0.4, 0.5) is 17.3 Å². The number of benzene rings is 5. The molecule has 2 unspecified atom stereocenters. The summed E-state index contributed by atoms with van der Waals surface area (Å²) in [4.78, 5) is 56.2. The van der Waals surface area contributed by atoms with Gasteiger partial charge in [0.1, 0.15) is 18.2 Å². The third-order valence-electron chi connectivity index (χ3n) is 15.1. The van der Waals surface area contributed by atoms with Crippen LogP contribution >= 0.6 is 0 Å². The molecule has 2 N–H and O–H groups in total. The van der Waals surface area contributed by atoms with E-state index < -0.39 is 17.7 Å². The fourth-order valence-electron chi connectivity index (χ4n) is 11.4. The van der Waals surface area contributed by atoms with Gasteiger partial charge in [-0.2, -0.15) is 25.5 Å². The highest BCUT2D eigenvalue weighted by molar-refractivity contribution is 5.99. The van der Waals surface area contributed by atoms with E-state index in [-0.39, 0.29) is 43.9 Å². The predicted molar refractivity (Wildman–Crippen MR) is 285 cm³/mol. The van der Waals surface area contributed by atoms with Gasteiger partial charge in [0.2, 0.25) is 0 Å². The van der Waals surface area contributed by atoms with Gasteiger partial charge in [0.25, 0.3) is 0 Å². The predicted octanol–water partition coefficient (Wildman–Crippen LogP) is 7.49. The van der Waals surface area contributed by atoms with Gasteiger partial charge in [-0.3, -0.25) is 0 Å². The number of carbonyl (C=O) groups excluding carboxylic acids is 1. The zero-order chi connectivity index (χ0) is 51.6. The molecule has 382 valence electrons. The lowest BCUT2D eigenvalue weighted by molar-refractivity contribution is -0.140. The number of nitriles is 2. The van der Waals surface area contributed by atoms with Crippen molar-refractivity contribution in [2.45, 2.75) is 77.0 Å². The first-order chi connectivity index (χ1) is 36.6. The molecule has 2 fully saturated rings.